The van der Waals surface area contributed by atoms with Crippen LogP contribution in [0.3, 0.4) is 0 Å². The van der Waals surface area contributed by atoms with Gasteiger partial charge >= 0.3 is 12.1 Å². The zero-order valence-electron chi connectivity index (χ0n) is 19.5. The highest BCUT2D eigenvalue weighted by molar-refractivity contribution is 5.83. The Kier molecular flexibility index (Phi) is 7.50. The van der Waals surface area contributed by atoms with E-state index >= 15 is 0 Å². The molecule has 4 rings (SSSR count). The van der Waals surface area contributed by atoms with Gasteiger partial charge in [-0.2, -0.15) is 0 Å². The van der Waals surface area contributed by atoms with Crippen molar-refractivity contribution >= 4 is 18.0 Å². The normalized spacial score (nSPS) is 16.9. The molecule has 1 fully saturated rings. The fourth-order valence-corrected chi connectivity index (χ4v) is 5.30. The second-order valence-corrected chi connectivity index (χ2v) is 9.34. The van der Waals surface area contributed by atoms with Crippen molar-refractivity contribution in [2.45, 2.75) is 51.0 Å². The Morgan fingerprint density at radius 2 is 1.59 bits per heavy atom. The van der Waals surface area contributed by atoms with Crippen molar-refractivity contribution < 1.29 is 24.2 Å². The van der Waals surface area contributed by atoms with Crippen LogP contribution in [0.2, 0.25) is 0 Å². The quantitative estimate of drug-likeness (QED) is 0.513. The average molecular weight is 465 g/mol. The van der Waals surface area contributed by atoms with Gasteiger partial charge in [0.05, 0.1) is 0 Å². The molecule has 2 unspecified atom stereocenters. The molecule has 0 saturated heterocycles. The van der Waals surface area contributed by atoms with Crippen LogP contribution in [0.1, 0.15) is 56.1 Å². The molecule has 3 N–H and O–H groups in total. The van der Waals surface area contributed by atoms with Gasteiger partial charge in [0.2, 0.25) is 5.91 Å². The number of fused-ring (bicyclic) bond motifs is 3. The van der Waals surface area contributed by atoms with Crippen molar-refractivity contribution in [3.8, 4) is 11.1 Å². The van der Waals surface area contributed by atoms with Crippen molar-refractivity contribution in [3.63, 3.8) is 0 Å². The third-order valence-corrected chi connectivity index (χ3v) is 7.11. The summed E-state index contributed by atoms with van der Waals surface area (Å²) in [6, 6.07) is 15.4. The number of benzene rings is 2. The largest absolute Gasteiger partial charge is 0.480 e. The number of carboxylic acid groups (broad SMARTS) is 1. The summed E-state index contributed by atoms with van der Waals surface area (Å²) in [4.78, 5) is 36.0. The molecule has 0 heterocycles. The molecule has 0 aromatic heterocycles. The number of ether oxygens (including phenoxy) is 1. The summed E-state index contributed by atoms with van der Waals surface area (Å²) in [6.45, 7) is 2.01. The van der Waals surface area contributed by atoms with E-state index in [1.807, 2.05) is 24.3 Å². The number of hydrogen-bond donors (Lipinski definition) is 3. The Morgan fingerprint density at radius 1 is 1.00 bits per heavy atom. The van der Waals surface area contributed by atoms with Gasteiger partial charge in [-0.1, -0.05) is 74.2 Å². The predicted octanol–water partition coefficient (Wildman–Crippen LogP) is 4.31. The summed E-state index contributed by atoms with van der Waals surface area (Å²) in [7, 11) is 0. The summed E-state index contributed by atoms with van der Waals surface area (Å²) in [5.41, 5.74) is 4.67. The molecule has 0 radical (unpaired) electrons. The smallest absolute Gasteiger partial charge is 0.407 e. The zero-order chi connectivity index (χ0) is 24.1. The SMILES string of the molecule is CC(NC(=O)CC(CNC(=O)OCC1c2ccccc2-c2ccccc21)C1CCCC1)C(=O)O. The molecule has 34 heavy (non-hydrogen) atoms. The molecule has 2 amide bonds. The van der Waals surface area contributed by atoms with Gasteiger partial charge in [-0.15, -0.1) is 0 Å². The molecule has 0 spiro atoms. The minimum Gasteiger partial charge on any atom is -0.480 e. The van der Waals surface area contributed by atoms with Crippen LogP contribution in [0.5, 0.6) is 0 Å². The number of carbonyl (C=O) groups is 3. The highest BCUT2D eigenvalue weighted by Gasteiger charge is 2.30. The molecular formula is C27H32N2O5. The topological polar surface area (TPSA) is 105 Å². The van der Waals surface area contributed by atoms with Crippen LogP contribution in [0.25, 0.3) is 11.1 Å². The number of amides is 2. The van der Waals surface area contributed by atoms with E-state index in [9.17, 15) is 14.4 Å². The minimum absolute atomic E-state index is 0.00735. The predicted molar refractivity (Wildman–Crippen MR) is 128 cm³/mol. The van der Waals surface area contributed by atoms with E-state index in [4.69, 9.17) is 9.84 Å². The van der Waals surface area contributed by atoms with E-state index in [2.05, 4.69) is 34.9 Å². The molecule has 7 nitrogen and oxygen atoms in total. The second-order valence-electron chi connectivity index (χ2n) is 9.34. The van der Waals surface area contributed by atoms with Gasteiger partial charge in [0.25, 0.3) is 0 Å². The summed E-state index contributed by atoms with van der Waals surface area (Å²) in [5.74, 6) is -1.10. The molecule has 1 saturated carbocycles. The molecule has 2 aliphatic rings. The minimum atomic E-state index is -1.07. The first-order valence-electron chi connectivity index (χ1n) is 12.0. The van der Waals surface area contributed by atoms with E-state index < -0.39 is 18.1 Å². The molecule has 7 heteroatoms. The Labute approximate surface area is 199 Å². The lowest BCUT2D eigenvalue weighted by Crippen LogP contribution is -2.41. The van der Waals surface area contributed by atoms with Gasteiger partial charge < -0.3 is 20.5 Å². The summed E-state index contributed by atoms with van der Waals surface area (Å²) in [6.07, 6.45) is 3.94. The first kappa shape index (κ1) is 23.8. The van der Waals surface area contributed by atoms with Crippen molar-refractivity contribution in [1.29, 1.82) is 0 Å². The Morgan fingerprint density at radius 3 is 2.18 bits per heavy atom. The van der Waals surface area contributed by atoms with E-state index in [-0.39, 0.29) is 30.8 Å². The van der Waals surface area contributed by atoms with Gasteiger partial charge in [-0.05, 0) is 41.0 Å². The third-order valence-electron chi connectivity index (χ3n) is 7.11. The number of nitrogens with one attached hydrogen (secondary N) is 2. The van der Waals surface area contributed by atoms with E-state index in [0.29, 0.717) is 12.5 Å². The lowest BCUT2D eigenvalue weighted by atomic mass is 9.87. The zero-order valence-corrected chi connectivity index (χ0v) is 19.5. The van der Waals surface area contributed by atoms with Crippen LogP contribution in [0.15, 0.2) is 48.5 Å². The van der Waals surface area contributed by atoms with Crippen LogP contribution in [0.4, 0.5) is 4.79 Å². The van der Waals surface area contributed by atoms with Gasteiger partial charge in [0.1, 0.15) is 12.6 Å². The number of carbonyl (C=O) groups excluding carboxylic acids is 2. The maximum absolute atomic E-state index is 12.6. The lowest BCUT2D eigenvalue weighted by molar-refractivity contribution is -0.141. The van der Waals surface area contributed by atoms with Crippen molar-refractivity contribution in [3.05, 3.63) is 59.7 Å². The molecule has 180 valence electrons. The Hall–Kier alpha value is -3.35. The number of aliphatic carboxylic acids is 1. The van der Waals surface area contributed by atoms with Crippen LogP contribution in [0, 0.1) is 11.8 Å². The second kappa shape index (κ2) is 10.7. The standard InChI is InChI=1S/C27H32N2O5/c1-17(26(31)32)29-25(30)14-19(18-8-2-3-9-18)15-28-27(33)34-16-24-22-12-6-4-10-20(22)21-11-5-7-13-23(21)24/h4-7,10-13,17-19,24H,2-3,8-9,14-16H2,1H3,(H,28,33)(H,29,30)(H,31,32). The summed E-state index contributed by atoms with van der Waals surface area (Å²) >= 11 is 0. The average Bonchev–Trinajstić information content (AvgIpc) is 3.47. The van der Waals surface area contributed by atoms with Crippen LogP contribution in [-0.4, -0.2) is 42.3 Å². The molecule has 2 aromatic rings. The van der Waals surface area contributed by atoms with Crippen molar-refractivity contribution in [2.24, 2.45) is 11.8 Å². The number of rotatable bonds is 9. The highest BCUT2D eigenvalue weighted by Crippen LogP contribution is 2.44. The number of alkyl carbamates (subject to hydrolysis) is 1. The Balaban J connectivity index is 1.33. The molecule has 2 aromatic carbocycles. The Bertz CT molecular complexity index is 1000. The monoisotopic (exact) mass is 464 g/mol. The van der Waals surface area contributed by atoms with E-state index in [1.54, 1.807) is 0 Å². The summed E-state index contributed by atoms with van der Waals surface area (Å²) in [5, 5.41) is 14.4. The van der Waals surface area contributed by atoms with Crippen LogP contribution < -0.4 is 10.6 Å². The van der Waals surface area contributed by atoms with Crippen LogP contribution in [-0.2, 0) is 14.3 Å². The van der Waals surface area contributed by atoms with Gasteiger partial charge in [0, 0.05) is 18.9 Å². The van der Waals surface area contributed by atoms with Crippen LogP contribution >= 0.6 is 0 Å². The van der Waals surface area contributed by atoms with Gasteiger partial charge in [-0.25, -0.2) is 4.79 Å². The molecule has 0 aliphatic heterocycles. The first-order chi connectivity index (χ1) is 16.4. The third kappa shape index (κ3) is 5.41. The maximum Gasteiger partial charge on any atom is 0.407 e. The first-order valence-corrected chi connectivity index (χ1v) is 12.0. The molecule has 2 atom stereocenters. The molecule has 0 bridgehead atoms. The lowest BCUT2D eigenvalue weighted by Gasteiger charge is -2.24. The molecule has 2 aliphatic carbocycles. The molecular weight excluding hydrogens is 432 g/mol. The van der Waals surface area contributed by atoms with E-state index in [0.717, 1.165) is 36.8 Å². The van der Waals surface area contributed by atoms with Gasteiger partial charge in [0.15, 0.2) is 0 Å². The fraction of sp³-hybridized carbons (Fsp3) is 0.444. The van der Waals surface area contributed by atoms with Crippen molar-refractivity contribution in [2.75, 3.05) is 13.2 Å². The summed E-state index contributed by atoms with van der Waals surface area (Å²) < 4.78 is 5.63. The fourth-order valence-electron chi connectivity index (χ4n) is 5.30. The number of carboxylic acids is 1. The highest BCUT2D eigenvalue weighted by atomic mass is 16.5. The maximum atomic E-state index is 12.6. The number of hydrogen-bond acceptors (Lipinski definition) is 4. The van der Waals surface area contributed by atoms with E-state index in [1.165, 1.54) is 18.1 Å². The van der Waals surface area contributed by atoms with Crippen molar-refractivity contribution in [1.82, 2.24) is 10.6 Å². The van der Waals surface area contributed by atoms with Gasteiger partial charge in [-0.3, -0.25) is 9.59 Å².